The maximum absolute atomic E-state index is 12.0. The molecule has 0 spiro atoms. The number of hydrogen-bond donors (Lipinski definition) is 0. The summed E-state index contributed by atoms with van der Waals surface area (Å²) in [4.78, 5) is 0. The lowest BCUT2D eigenvalue weighted by Gasteiger charge is -2.42. The van der Waals surface area contributed by atoms with Gasteiger partial charge in [-0.15, -0.1) is 0 Å². The highest BCUT2D eigenvalue weighted by Gasteiger charge is 2.40. The van der Waals surface area contributed by atoms with Crippen molar-refractivity contribution in [2.45, 2.75) is 59.4 Å². The first-order chi connectivity index (χ1) is 8.00. The van der Waals surface area contributed by atoms with Gasteiger partial charge in [-0.1, -0.05) is 26.7 Å². The molecule has 2 aliphatic rings. The molecule has 1 aliphatic heterocycles. The van der Waals surface area contributed by atoms with E-state index >= 15 is 0 Å². The van der Waals surface area contributed by atoms with Crippen molar-refractivity contribution < 1.29 is 8.42 Å². The molecule has 105 valence electrons. The van der Waals surface area contributed by atoms with E-state index in [-0.39, 0.29) is 14.5 Å². The van der Waals surface area contributed by atoms with Gasteiger partial charge in [-0.05, 0) is 38.5 Å². The molecule has 3 nitrogen and oxygen atoms in total. The molecular formula is C13H27BNO2S. The van der Waals surface area contributed by atoms with Gasteiger partial charge in [0.2, 0.25) is 10.0 Å². The molecule has 1 aliphatic carbocycles. The van der Waals surface area contributed by atoms with Crippen molar-refractivity contribution in [1.29, 1.82) is 0 Å². The topological polar surface area (TPSA) is 37.4 Å². The van der Waals surface area contributed by atoms with E-state index < -0.39 is 10.0 Å². The molecule has 1 heterocycles. The van der Waals surface area contributed by atoms with Crippen LogP contribution in [0.5, 0.6) is 0 Å². The van der Waals surface area contributed by atoms with Crippen LogP contribution in [-0.2, 0) is 10.0 Å². The smallest absolute Gasteiger partial charge is 0.212 e. The average molecular weight is 272 g/mol. The first-order valence-electron chi connectivity index (χ1n) is 7.00. The average Bonchev–Trinajstić information content (AvgIpc) is 2.29. The van der Waals surface area contributed by atoms with Crippen LogP contribution in [0.25, 0.3) is 0 Å². The third-order valence-corrected chi connectivity index (χ3v) is 5.97. The van der Waals surface area contributed by atoms with Crippen LogP contribution in [0.1, 0.15) is 53.4 Å². The Labute approximate surface area is 115 Å². The van der Waals surface area contributed by atoms with Crippen molar-refractivity contribution in [1.82, 2.24) is 4.31 Å². The fraction of sp³-hybridized carbons (Fsp3) is 1.00. The molecule has 0 aromatic rings. The summed E-state index contributed by atoms with van der Waals surface area (Å²) in [5.41, 5.74) is 0. The molecular weight excluding hydrogens is 245 g/mol. The summed E-state index contributed by atoms with van der Waals surface area (Å²) >= 11 is 0. The highest BCUT2D eigenvalue weighted by Crippen LogP contribution is 2.36. The molecule has 0 aromatic heterocycles. The zero-order valence-electron chi connectivity index (χ0n) is 12.2. The minimum absolute atomic E-state index is 0. The quantitative estimate of drug-likeness (QED) is 0.688. The van der Waals surface area contributed by atoms with Crippen molar-refractivity contribution in [3.63, 3.8) is 0 Å². The Morgan fingerprint density at radius 1 is 1.06 bits per heavy atom. The number of rotatable bonds is 1. The first kappa shape index (κ1) is 18.0. The van der Waals surface area contributed by atoms with Crippen LogP contribution in [-0.4, -0.2) is 39.5 Å². The van der Waals surface area contributed by atoms with E-state index in [1.165, 1.54) is 19.3 Å². The van der Waals surface area contributed by atoms with Gasteiger partial charge >= 0.3 is 0 Å². The molecule has 1 saturated heterocycles. The summed E-state index contributed by atoms with van der Waals surface area (Å²) in [7, 11) is -2.96. The highest BCUT2D eigenvalue weighted by atomic mass is 32.2. The summed E-state index contributed by atoms with van der Waals surface area (Å²) in [5, 5.41) is 0. The van der Waals surface area contributed by atoms with E-state index in [4.69, 9.17) is 0 Å². The summed E-state index contributed by atoms with van der Waals surface area (Å²) in [6.07, 6.45) is 4.85. The number of hydrogen-bond acceptors (Lipinski definition) is 2. The van der Waals surface area contributed by atoms with Crippen molar-refractivity contribution in [2.24, 2.45) is 11.8 Å². The summed E-state index contributed by atoms with van der Waals surface area (Å²) in [6, 6.07) is 0.123. The number of fused-ring (bicyclic) bond motifs is 1. The van der Waals surface area contributed by atoms with Crippen LogP contribution in [0, 0.1) is 11.8 Å². The maximum Gasteiger partial charge on any atom is 0.214 e. The van der Waals surface area contributed by atoms with Crippen molar-refractivity contribution in [3.8, 4) is 0 Å². The number of sulfonamides is 1. The van der Waals surface area contributed by atoms with Gasteiger partial charge in [0.15, 0.2) is 0 Å². The zero-order chi connectivity index (χ0) is 13.1. The fourth-order valence-corrected chi connectivity index (χ4v) is 5.22. The van der Waals surface area contributed by atoms with Gasteiger partial charge in [0.05, 0.1) is 5.75 Å². The normalized spacial score (nSPS) is 30.7. The number of nitrogens with zero attached hydrogens (tertiary/aromatic N) is 1. The molecule has 18 heavy (non-hydrogen) atoms. The third-order valence-electron chi connectivity index (χ3n) is 3.84. The predicted molar refractivity (Wildman–Crippen MR) is 78.2 cm³/mol. The Morgan fingerprint density at radius 3 is 2.06 bits per heavy atom. The predicted octanol–water partition coefficient (Wildman–Crippen LogP) is 2.49. The first-order valence-corrected chi connectivity index (χ1v) is 8.61. The van der Waals surface area contributed by atoms with Crippen molar-refractivity contribution in [3.05, 3.63) is 0 Å². The lowest BCUT2D eigenvalue weighted by molar-refractivity contribution is 0.175. The lowest BCUT2D eigenvalue weighted by atomic mass is 9.80. The third kappa shape index (κ3) is 3.99. The SMILES string of the molecule is CC.CC(C)N1CC2CCCCC2CS1(=O)=O.[B]. The molecule has 0 bridgehead atoms. The van der Waals surface area contributed by atoms with Gasteiger partial charge in [-0.3, -0.25) is 0 Å². The molecule has 3 radical (unpaired) electrons. The standard InChI is InChI=1S/C11H21NO2S.C2H6.B/c1-9(2)12-7-10-5-3-4-6-11(10)8-15(12,13)14;1-2;/h9-11H,3-8H2,1-2H3;1-2H3;. The molecule has 1 saturated carbocycles. The van der Waals surface area contributed by atoms with Crippen molar-refractivity contribution in [2.75, 3.05) is 12.3 Å². The second-order valence-corrected chi connectivity index (χ2v) is 7.21. The van der Waals surface area contributed by atoms with Gasteiger partial charge in [0.25, 0.3) is 0 Å². The molecule has 2 atom stereocenters. The van der Waals surface area contributed by atoms with Crippen LogP contribution >= 0.6 is 0 Å². The molecule has 0 amide bonds. The van der Waals surface area contributed by atoms with Crippen LogP contribution in [0.15, 0.2) is 0 Å². The van der Waals surface area contributed by atoms with E-state index in [2.05, 4.69) is 0 Å². The Morgan fingerprint density at radius 2 is 1.56 bits per heavy atom. The molecule has 2 unspecified atom stereocenters. The summed E-state index contributed by atoms with van der Waals surface area (Å²) in [5.74, 6) is 1.47. The molecule has 2 fully saturated rings. The molecule has 2 rings (SSSR count). The van der Waals surface area contributed by atoms with Crippen LogP contribution in [0.2, 0.25) is 0 Å². The minimum atomic E-state index is -2.96. The Kier molecular flexibility index (Phi) is 7.53. The van der Waals surface area contributed by atoms with Gasteiger partial charge in [0, 0.05) is 21.0 Å². The van der Waals surface area contributed by atoms with Crippen molar-refractivity contribution >= 4 is 18.4 Å². The maximum atomic E-state index is 12.0. The van der Waals surface area contributed by atoms with Crippen LogP contribution in [0.4, 0.5) is 0 Å². The molecule has 0 aromatic carbocycles. The largest absolute Gasteiger partial charge is 0.214 e. The van der Waals surface area contributed by atoms with E-state index in [0.29, 0.717) is 17.6 Å². The Balaban J connectivity index is 0.000000917. The van der Waals surface area contributed by atoms with Crippen LogP contribution < -0.4 is 0 Å². The van der Waals surface area contributed by atoms with E-state index in [9.17, 15) is 8.42 Å². The van der Waals surface area contributed by atoms with Gasteiger partial charge in [0.1, 0.15) is 0 Å². The molecule has 5 heteroatoms. The highest BCUT2D eigenvalue weighted by molar-refractivity contribution is 7.89. The van der Waals surface area contributed by atoms with E-state index in [1.807, 2.05) is 27.7 Å². The van der Waals surface area contributed by atoms with E-state index in [0.717, 1.165) is 13.0 Å². The summed E-state index contributed by atoms with van der Waals surface area (Å²) in [6.45, 7) is 8.71. The second kappa shape index (κ2) is 7.54. The Hall–Kier alpha value is -0.0251. The Bertz CT molecular complexity index is 330. The summed E-state index contributed by atoms with van der Waals surface area (Å²) < 4.78 is 25.7. The monoisotopic (exact) mass is 272 g/mol. The van der Waals surface area contributed by atoms with Gasteiger partial charge in [-0.2, -0.15) is 4.31 Å². The lowest BCUT2D eigenvalue weighted by Crippen LogP contribution is -2.50. The molecule has 0 N–H and O–H groups in total. The zero-order valence-corrected chi connectivity index (χ0v) is 13.0. The fourth-order valence-electron chi connectivity index (χ4n) is 2.99. The minimum Gasteiger partial charge on any atom is -0.212 e. The van der Waals surface area contributed by atoms with Crippen LogP contribution in [0.3, 0.4) is 0 Å². The van der Waals surface area contributed by atoms with Gasteiger partial charge < -0.3 is 0 Å². The van der Waals surface area contributed by atoms with Gasteiger partial charge in [-0.25, -0.2) is 8.42 Å². The second-order valence-electron chi connectivity index (χ2n) is 5.25. The van der Waals surface area contributed by atoms with E-state index in [1.54, 1.807) is 4.31 Å².